The van der Waals surface area contributed by atoms with Gasteiger partial charge in [-0.05, 0) is 31.4 Å². The molecule has 1 atom stereocenters. The summed E-state index contributed by atoms with van der Waals surface area (Å²) >= 11 is 0. The molecule has 0 aliphatic carbocycles. The summed E-state index contributed by atoms with van der Waals surface area (Å²) in [6.45, 7) is 4.72. The highest BCUT2D eigenvalue weighted by atomic mass is 35.5. The Balaban J connectivity index is 0.00000243. The van der Waals surface area contributed by atoms with Crippen molar-refractivity contribution in [3.05, 3.63) is 30.1 Å². The third-order valence-corrected chi connectivity index (χ3v) is 7.04. The largest absolute Gasteiger partial charge is 0.333 e. The van der Waals surface area contributed by atoms with E-state index in [9.17, 15) is 13.2 Å². The zero-order valence-electron chi connectivity index (χ0n) is 15.0. The van der Waals surface area contributed by atoms with Crippen LogP contribution in [0.4, 0.5) is 0 Å². The Morgan fingerprint density at radius 3 is 2.65 bits per heavy atom. The van der Waals surface area contributed by atoms with Crippen LogP contribution in [0.3, 0.4) is 0 Å². The van der Waals surface area contributed by atoms with Crippen molar-refractivity contribution in [2.75, 3.05) is 38.5 Å². The molecule has 2 aliphatic heterocycles. The van der Waals surface area contributed by atoms with Crippen molar-refractivity contribution >= 4 is 28.3 Å². The molecule has 2 aliphatic rings. The van der Waals surface area contributed by atoms with Crippen LogP contribution in [0.15, 0.2) is 24.5 Å². The zero-order valence-corrected chi connectivity index (χ0v) is 16.6. The van der Waals surface area contributed by atoms with Gasteiger partial charge in [0.15, 0.2) is 0 Å². The highest BCUT2D eigenvalue weighted by molar-refractivity contribution is 7.89. The predicted molar refractivity (Wildman–Crippen MR) is 103 cm³/mol. The van der Waals surface area contributed by atoms with Crippen molar-refractivity contribution in [3.63, 3.8) is 0 Å². The lowest BCUT2D eigenvalue weighted by molar-refractivity contribution is -0.140. The first-order chi connectivity index (χ1) is 12.0. The fourth-order valence-corrected chi connectivity index (χ4v) is 4.77. The Bertz CT molecular complexity index is 693. The van der Waals surface area contributed by atoms with Crippen LogP contribution in [-0.4, -0.2) is 67.0 Å². The quantitative estimate of drug-likeness (QED) is 0.813. The third kappa shape index (κ3) is 4.54. The van der Waals surface area contributed by atoms with E-state index >= 15 is 0 Å². The minimum atomic E-state index is -3.16. The summed E-state index contributed by atoms with van der Waals surface area (Å²) in [4.78, 5) is 19.2. The van der Waals surface area contributed by atoms with Gasteiger partial charge in [-0.25, -0.2) is 12.7 Å². The zero-order chi connectivity index (χ0) is 17.9. The SMILES string of the molecule is CCS(=O)(=O)N1CCC(C(=O)N2CCNCC2c2cccnc2)CC1.Cl. The maximum absolute atomic E-state index is 13.1. The normalized spacial score (nSPS) is 22.7. The Kier molecular flexibility index (Phi) is 7.40. The number of amides is 1. The molecule has 0 saturated carbocycles. The van der Waals surface area contributed by atoms with Gasteiger partial charge in [0, 0.05) is 51.0 Å². The molecule has 3 heterocycles. The van der Waals surface area contributed by atoms with Crippen molar-refractivity contribution in [2.45, 2.75) is 25.8 Å². The standard InChI is InChI=1S/C17H26N4O3S.ClH/c1-2-25(23,24)20-9-5-14(6-10-20)17(22)21-11-8-19-13-16(21)15-4-3-7-18-12-15;/h3-4,7,12,14,16,19H,2,5-6,8-11,13H2,1H3;1H. The van der Waals surface area contributed by atoms with Crippen LogP contribution in [0.5, 0.6) is 0 Å². The molecule has 146 valence electrons. The van der Waals surface area contributed by atoms with E-state index in [0.717, 1.165) is 18.7 Å². The van der Waals surface area contributed by atoms with Crippen LogP contribution in [0.2, 0.25) is 0 Å². The van der Waals surface area contributed by atoms with E-state index in [1.54, 1.807) is 13.1 Å². The number of nitrogens with one attached hydrogen (secondary N) is 1. The molecule has 2 fully saturated rings. The Morgan fingerprint density at radius 2 is 2.04 bits per heavy atom. The Hall–Kier alpha value is -1.22. The van der Waals surface area contributed by atoms with Gasteiger partial charge in [-0.2, -0.15) is 0 Å². The minimum Gasteiger partial charge on any atom is -0.333 e. The van der Waals surface area contributed by atoms with Gasteiger partial charge in [0.05, 0.1) is 11.8 Å². The molecule has 0 radical (unpaired) electrons. The molecule has 9 heteroatoms. The van der Waals surface area contributed by atoms with Crippen molar-refractivity contribution in [1.82, 2.24) is 19.5 Å². The first kappa shape index (κ1) is 21.1. The van der Waals surface area contributed by atoms with Crippen LogP contribution < -0.4 is 5.32 Å². The maximum Gasteiger partial charge on any atom is 0.226 e. The molecule has 26 heavy (non-hydrogen) atoms. The van der Waals surface area contributed by atoms with Crippen molar-refractivity contribution in [2.24, 2.45) is 5.92 Å². The van der Waals surface area contributed by atoms with Crippen LogP contribution >= 0.6 is 12.4 Å². The van der Waals surface area contributed by atoms with Crippen molar-refractivity contribution in [1.29, 1.82) is 0 Å². The number of halogens is 1. The lowest BCUT2D eigenvalue weighted by Gasteiger charge is -2.40. The summed E-state index contributed by atoms with van der Waals surface area (Å²) < 4.78 is 25.5. The van der Waals surface area contributed by atoms with E-state index in [2.05, 4.69) is 10.3 Å². The van der Waals surface area contributed by atoms with E-state index in [4.69, 9.17) is 0 Å². The second kappa shape index (κ2) is 9.12. The molecular weight excluding hydrogens is 376 g/mol. The van der Waals surface area contributed by atoms with Crippen LogP contribution in [0, 0.1) is 5.92 Å². The summed E-state index contributed by atoms with van der Waals surface area (Å²) in [5.41, 5.74) is 1.04. The lowest BCUT2D eigenvalue weighted by atomic mass is 9.94. The van der Waals surface area contributed by atoms with Gasteiger partial charge in [0.1, 0.15) is 0 Å². The molecule has 7 nitrogen and oxygen atoms in total. The topological polar surface area (TPSA) is 82.6 Å². The fourth-order valence-electron chi connectivity index (χ4n) is 3.64. The number of rotatable bonds is 4. The summed E-state index contributed by atoms with van der Waals surface area (Å²) in [7, 11) is -3.16. The highest BCUT2D eigenvalue weighted by Crippen LogP contribution is 2.28. The molecule has 1 aromatic rings. The van der Waals surface area contributed by atoms with Gasteiger partial charge in [0.2, 0.25) is 15.9 Å². The van der Waals surface area contributed by atoms with Crippen molar-refractivity contribution < 1.29 is 13.2 Å². The molecule has 0 spiro atoms. The van der Waals surface area contributed by atoms with Gasteiger partial charge >= 0.3 is 0 Å². The molecule has 2 saturated heterocycles. The molecule has 0 bridgehead atoms. The van der Waals surface area contributed by atoms with Gasteiger partial charge < -0.3 is 10.2 Å². The number of carbonyl (C=O) groups excluding carboxylic acids is 1. The first-order valence-electron chi connectivity index (χ1n) is 8.92. The number of hydrogen-bond acceptors (Lipinski definition) is 5. The van der Waals surface area contributed by atoms with E-state index in [1.165, 1.54) is 4.31 Å². The van der Waals surface area contributed by atoms with E-state index in [0.29, 0.717) is 32.5 Å². The average molecular weight is 403 g/mol. The summed E-state index contributed by atoms with van der Waals surface area (Å²) in [6.07, 6.45) is 4.74. The number of pyridine rings is 1. The summed E-state index contributed by atoms with van der Waals surface area (Å²) in [5.74, 6) is 0.163. The second-order valence-corrected chi connectivity index (χ2v) is 8.87. The van der Waals surface area contributed by atoms with E-state index < -0.39 is 10.0 Å². The van der Waals surface area contributed by atoms with Crippen LogP contribution in [-0.2, 0) is 14.8 Å². The summed E-state index contributed by atoms with van der Waals surface area (Å²) in [6, 6.07) is 3.88. The molecular formula is C17H27ClN4O3S. The lowest BCUT2D eigenvalue weighted by Crippen LogP contribution is -2.52. The number of carbonyl (C=O) groups is 1. The van der Waals surface area contributed by atoms with Crippen molar-refractivity contribution in [3.8, 4) is 0 Å². The van der Waals surface area contributed by atoms with Gasteiger partial charge in [-0.1, -0.05) is 6.07 Å². The van der Waals surface area contributed by atoms with Crippen LogP contribution in [0.1, 0.15) is 31.4 Å². The number of piperidine rings is 1. The molecule has 1 N–H and O–H groups in total. The van der Waals surface area contributed by atoms with Crippen LogP contribution in [0.25, 0.3) is 0 Å². The molecule has 1 amide bonds. The average Bonchev–Trinajstić information content (AvgIpc) is 2.68. The number of sulfonamides is 1. The first-order valence-corrected chi connectivity index (χ1v) is 10.5. The smallest absolute Gasteiger partial charge is 0.226 e. The van der Waals surface area contributed by atoms with Gasteiger partial charge in [-0.3, -0.25) is 9.78 Å². The molecule has 1 unspecified atom stereocenters. The monoisotopic (exact) mass is 402 g/mol. The number of aromatic nitrogens is 1. The third-order valence-electron chi connectivity index (χ3n) is 5.16. The summed E-state index contributed by atoms with van der Waals surface area (Å²) in [5, 5.41) is 3.35. The van der Waals surface area contributed by atoms with Gasteiger partial charge in [-0.15, -0.1) is 12.4 Å². The Morgan fingerprint density at radius 1 is 1.31 bits per heavy atom. The fraction of sp³-hybridized carbons (Fsp3) is 0.647. The molecule has 3 rings (SSSR count). The predicted octanol–water partition coefficient (Wildman–Crippen LogP) is 1.04. The highest BCUT2D eigenvalue weighted by Gasteiger charge is 2.36. The Labute approximate surface area is 161 Å². The number of nitrogens with zero attached hydrogens (tertiary/aromatic N) is 3. The number of piperazine rings is 1. The minimum absolute atomic E-state index is 0. The second-order valence-electron chi connectivity index (χ2n) is 6.61. The van der Waals surface area contributed by atoms with E-state index in [-0.39, 0.29) is 36.0 Å². The molecule has 0 aromatic carbocycles. The van der Waals surface area contributed by atoms with Gasteiger partial charge in [0.25, 0.3) is 0 Å². The van der Waals surface area contributed by atoms with E-state index in [1.807, 2.05) is 23.2 Å². The molecule has 1 aromatic heterocycles. The number of hydrogen-bond donors (Lipinski definition) is 1. The maximum atomic E-state index is 13.1.